The Balaban J connectivity index is 1.44. The SMILES string of the molecule is CCOc1ccc(NC(=O)N2CCC3(CC2)N=C(SCC)C(c2ccc(C)c(C)c2)=N3)cc1. The van der Waals surface area contributed by atoms with Crippen molar-refractivity contribution < 1.29 is 9.53 Å². The number of carbonyl (C=O) groups excluding carboxylic acids is 1. The van der Waals surface area contributed by atoms with Crippen molar-refractivity contribution in [2.45, 2.75) is 46.2 Å². The van der Waals surface area contributed by atoms with Gasteiger partial charge in [0.05, 0.1) is 12.3 Å². The van der Waals surface area contributed by atoms with E-state index in [0.29, 0.717) is 19.7 Å². The Morgan fingerprint density at radius 1 is 1.06 bits per heavy atom. The zero-order chi connectivity index (χ0) is 23.4. The lowest BCUT2D eigenvalue weighted by Gasteiger charge is -2.35. The van der Waals surface area contributed by atoms with Crippen molar-refractivity contribution in [1.29, 1.82) is 0 Å². The minimum absolute atomic E-state index is 0.0856. The topological polar surface area (TPSA) is 66.3 Å². The Morgan fingerprint density at radius 3 is 2.42 bits per heavy atom. The Hall–Kier alpha value is -2.80. The van der Waals surface area contributed by atoms with Gasteiger partial charge in [-0.05, 0) is 68.0 Å². The first-order valence-electron chi connectivity index (χ1n) is 11.6. The molecule has 174 valence electrons. The summed E-state index contributed by atoms with van der Waals surface area (Å²) in [5.74, 6) is 1.75. The molecule has 2 aliphatic rings. The van der Waals surface area contributed by atoms with E-state index >= 15 is 0 Å². The van der Waals surface area contributed by atoms with Gasteiger partial charge in [0.15, 0.2) is 5.66 Å². The van der Waals surface area contributed by atoms with E-state index in [2.05, 4.69) is 44.3 Å². The fourth-order valence-electron chi connectivity index (χ4n) is 4.13. The number of hydrogen-bond acceptors (Lipinski definition) is 5. The molecule has 1 saturated heterocycles. The fraction of sp³-hybridized carbons (Fsp3) is 0.423. The van der Waals surface area contributed by atoms with E-state index in [9.17, 15) is 4.79 Å². The molecule has 1 fully saturated rings. The molecule has 0 atom stereocenters. The van der Waals surface area contributed by atoms with Crippen molar-refractivity contribution in [3.05, 3.63) is 59.2 Å². The minimum Gasteiger partial charge on any atom is -0.494 e. The van der Waals surface area contributed by atoms with Crippen LogP contribution < -0.4 is 10.1 Å². The van der Waals surface area contributed by atoms with Crippen LogP contribution in [0, 0.1) is 13.8 Å². The summed E-state index contributed by atoms with van der Waals surface area (Å²) in [6.07, 6.45) is 1.46. The second-order valence-electron chi connectivity index (χ2n) is 8.47. The molecule has 1 N–H and O–H groups in total. The molecule has 4 rings (SSSR count). The summed E-state index contributed by atoms with van der Waals surface area (Å²) in [5.41, 5.74) is 4.97. The highest BCUT2D eigenvalue weighted by atomic mass is 32.2. The second kappa shape index (κ2) is 10.00. The lowest BCUT2D eigenvalue weighted by molar-refractivity contribution is 0.175. The highest BCUT2D eigenvalue weighted by molar-refractivity contribution is 8.15. The quantitative estimate of drug-likeness (QED) is 0.619. The lowest BCUT2D eigenvalue weighted by Crippen LogP contribution is -2.46. The number of likely N-dealkylation sites (tertiary alicyclic amines) is 1. The monoisotopic (exact) mass is 464 g/mol. The van der Waals surface area contributed by atoms with Crippen LogP contribution in [0.3, 0.4) is 0 Å². The molecule has 2 aromatic carbocycles. The highest BCUT2D eigenvalue weighted by Crippen LogP contribution is 2.36. The molecular weight excluding hydrogens is 432 g/mol. The van der Waals surface area contributed by atoms with E-state index in [0.717, 1.165) is 46.4 Å². The van der Waals surface area contributed by atoms with Crippen LogP contribution in [-0.2, 0) is 0 Å². The summed E-state index contributed by atoms with van der Waals surface area (Å²) in [5, 5.41) is 4.01. The average molecular weight is 465 g/mol. The maximum absolute atomic E-state index is 12.8. The first-order chi connectivity index (χ1) is 15.9. The van der Waals surface area contributed by atoms with Gasteiger partial charge in [-0.25, -0.2) is 9.79 Å². The molecular formula is C26H32N4O2S. The maximum Gasteiger partial charge on any atom is 0.321 e. The van der Waals surface area contributed by atoms with Crippen LogP contribution in [0.5, 0.6) is 5.75 Å². The van der Waals surface area contributed by atoms with E-state index in [1.165, 1.54) is 11.1 Å². The van der Waals surface area contributed by atoms with Gasteiger partial charge in [0.1, 0.15) is 10.8 Å². The molecule has 1 spiro atoms. The Labute approximate surface area is 200 Å². The van der Waals surface area contributed by atoms with E-state index in [1.807, 2.05) is 36.1 Å². The number of piperidine rings is 1. The van der Waals surface area contributed by atoms with Gasteiger partial charge in [-0.1, -0.05) is 19.1 Å². The summed E-state index contributed by atoms with van der Waals surface area (Å²) in [6.45, 7) is 10.2. The van der Waals surface area contributed by atoms with Gasteiger partial charge in [0.25, 0.3) is 0 Å². The zero-order valence-corrected chi connectivity index (χ0v) is 20.7. The summed E-state index contributed by atoms with van der Waals surface area (Å²) >= 11 is 1.75. The third kappa shape index (κ3) is 5.24. The summed E-state index contributed by atoms with van der Waals surface area (Å²) in [4.78, 5) is 24.9. The fourth-order valence-corrected chi connectivity index (χ4v) is 4.94. The smallest absolute Gasteiger partial charge is 0.321 e. The van der Waals surface area contributed by atoms with Gasteiger partial charge >= 0.3 is 6.03 Å². The average Bonchev–Trinajstić information content (AvgIpc) is 3.15. The van der Waals surface area contributed by atoms with E-state index in [-0.39, 0.29) is 6.03 Å². The van der Waals surface area contributed by atoms with Crippen LogP contribution >= 0.6 is 11.8 Å². The third-order valence-corrected chi connectivity index (χ3v) is 7.01. The van der Waals surface area contributed by atoms with Crippen molar-refractivity contribution >= 4 is 34.2 Å². The van der Waals surface area contributed by atoms with Crippen LogP contribution in [0.25, 0.3) is 0 Å². The number of benzene rings is 2. The van der Waals surface area contributed by atoms with Crippen LogP contribution in [0.15, 0.2) is 52.4 Å². The molecule has 0 radical (unpaired) electrons. The normalized spacial score (nSPS) is 17.0. The molecule has 2 aliphatic heterocycles. The number of hydrogen-bond donors (Lipinski definition) is 1. The largest absolute Gasteiger partial charge is 0.494 e. The molecule has 7 heteroatoms. The number of thioether (sulfide) groups is 1. The maximum atomic E-state index is 12.8. The highest BCUT2D eigenvalue weighted by Gasteiger charge is 2.40. The number of nitrogens with one attached hydrogen (secondary N) is 1. The van der Waals surface area contributed by atoms with E-state index in [4.69, 9.17) is 14.7 Å². The third-order valence-electron chi connectivity index (χ3n) is 6.16. The zero-order valence-electron chi connectivity index (χ0n) is 19.9. The van der Waals surface area contributed by atoms with Crippen LogP contribution in [-0.4, -0.2) is 52.8 Å². The number of anilines is 1. The van der Waals surface area contributed by atoms with Gasteiger partial charge in [0.2, 0.25) is 0 Å². The summed E-state index contributed by atoms with van der Waals surface area (Å²) in [6, 6.07) is 13.9. The number of nitrogens with zero attached hydrogens (tertiary/aromatic N) is 3. The van der Waals surface area contributed by atoms with Gasteiger partial charge in [-0.2, -0.15) is 0 Å². The minimum atomic E-state index is -0.457. The summed E-state index contributed by atoms with van der Waals surface area (Å²) in [7, 11) is 0. The molecule has 6 nitrogen and oxygen atoms in total. The number of rotatable bonds is 5. The number of aliphatic imine (C=N–C) groups is 2. The number of urea groups is 1. The summed E-state index contributed by atoms with van der Waals surface area (Å²) < 4.78 is 5.46. The Bertz CT molecular complexity index is 1070. The predicted molar refractivity (Wildman–Crippen MR) is 138 cm³/mol. The van der Waals surface area contributed by atoms with Crippen molar-refractivity contribution in [2.24, 2.45) is 9.98 Å². The number of amides is 2. The van der Waals surface area contributed by atoms with Crippen molar-refractivity contribution in [3.63, 3.8) is 0 Å². The van der Waals surface area contributed by atoms with E-state index in [1.54, 1.807) is 11.8 Å². The molecule has 0 saturated carbocycles. The van der Waals surface area contributed by atoms with Gasteiger partial charge in [-0.3, -0.25) is 4.99 Å². The standard InChI is InChI=1S/C26H32N4O2S/c1-5-32-22-11-9-21(10-12-22)27-25(31)30-15-13-26(14-16-30)28-23(24(29-26)33-6-2)20-8-7-18(3)19(4)17-20/h7-12,17H,5-6,13-16H2,1-4H3,(H,27,31). The first kappa shape index (κ1) is 23.4. The molecule has 2 aromatic rings. The van der Waals surface area contributed by atoms with Crippen LogP contribution in [0.1, 0.15) is 43.4 Å². The number of carbonyl (C=O) groups is 1. The van der Waals surface area contributed by atoms with Crippen LogP contribution in [0.4, 0.5) is 10.5 Å². The second-order valence-corrected chi connectivity index (χ2v) is 9.72. The van der Waals surface area contributed by atoms with Crippen molar-refractivity contribution in [2.75, 3.05) is 30.8 Å². The van der Waals surface area contributed by atoms with Crippen molar-refractivity contribution in [3.8, 4) is 5.75 Å². The lowest BCUT2D eigenvalue weighted by atomic mass is 9.98. The molecule has 33 heavy (non-hydrogen) atoms. The van der Waals surface area contributed by atoms with Crippen molar-refractivity contribution in [1.82, 2.24) is 4.90 Å². The molecule has 0 bridgehead atoms. The molecule has 2 amide bonds. The molecule has 0 aromatic heterocycles. The van der Waals surface area contributed by atoms with Gasteiger partial charge in [0, 0.05) is 37.2 Å². The predicted octanol–water partition coefficient (Wildman–Crippen LogP) is 5.68. The number of ether oxygens (including phenoxy) is 1. The number of aryl methyl sites for hydroxylation is 2. The molecule has 0 unspecified atom stereocenters. The first-order valence-corrected chi connectivity index (χ1v) is 12.6. The Kier molecular flexibility index (Phi) is 7.08. The van der Waals surface area contributed by atoms with Gasteiger partial charge < -0.3 is 15.0 Å². The van der Waals surface area contributed by atoms with E-state index < -0.39 is 5.66 Å². The Morgan fingerprint density at radius 2 is 1.79 bits per heavy atom. The van der Waals surface area contributed by atoms with Gasteiger partial charge in [-0.15, -0.1) is 11.8 Å². The van der Waals surface area contributed by atoms with Crippen LogP contribution in [0.2, 0.25) is 0 Å². The molecule has 2 heterocycles. The molecule has 0 aliphatic carbocycles.